The lowest BCUT2D eigenvalue weighted by atomic mass is 9.94. The first-order valence-corrected chi connectivity index (χ1v) is 12.8. The van der Waals surface area contributed by atoms with Crippen molar-refractivity contribution >= 4 is 48.9 Å². The van der Waals surface area contributed by atoms with Crippen molar-refractivity contribution in [3.8, 4) is 16.9 Å². The Morgan fingerprint density at radius 1 is 0.447 bits per heavy atom. The van der Waals surface area contributed by atoms with Gasteiger partial charge in [-0.15, -0.1) is 0 Å². The van der Waals surface area contributed by atoms with Crippen LogP contribution in [-0.2, 0) is 0 Å². The van der Waals surface area contributed by atoms with Crippen molar-refractivity contribution in [2.75, 3.05) is 0 Å². The van der Waals surface area contributed by atoms with Crippen molar-refractivity contribution in [1.82, 2.24) is 8.97 Å². The maximum atomic E-state index is 14.7. The van der Waals surface area contributed by atoms with Crippen LogP contribution in [0.15, 0.2) is 138 Å². The summed E-state index contributed by atoms with van der Waals surface area (Å²) in [6, 6.07) is 45.6. The van der Waals surface area contributed by atoms with Gasteiger partial charge in [-0.3, -0.25) is 9.36 Å². The van der Waals surface area contributed by atoms with E-state index >= 15 is 0 Å². The lowest BCUT2D eigenvalue weighted by Gasteiger charge is -2.14. The van der Waals surface area contributed by atoms with Gasteiger partial charge < -0.3 is 4.40 Å². The van der Waals surface area contributed by atoms with Crippen LogP contribution in [0.5, 0.6) is 0 Å². The molecule has 0 unspecified atom stereocenters. The molecule has 8 aromatic rings. The number of nitrogens with zero attached hydrogens (tertiary/aromatic N) is 2. The Kier molecular flexibility index (Phi) is 4.38. The summed E-state index contributed by atoms with van der Waals surface area (Å²) >= 11 is 0. The van der Waals surface area contributed by atoms with Crippen molar-refractivity contribution in [3.63, 3.8) is 0 Å². The molecule has 38 heavy (non-hydrogen) atoms. The second kappa shape index (κ2) is 7.92. The Hall–Kier alpha value is -5.15. The van der Waals surface area contributed by atoms with Crippen molar-refractivity contribution in [3.05, 3.63) is 144 Å². The molecule has 2 aromatic heterocycles. The molecule has 3 nitrogen and oxygen atoms in total. The number of aromatic nitrogens is 2. The summed E-state index contributed by atoms with van der Waals surface area (Å²) in [7, 11) is 0. The molecule has 6 aromatic carbocycles. The van der Waals surface area contributed by atoms with Crippen LogP contribution in [0, 0.1) is 0 Å². The Morgan fingerprint density at radius 3 is 1.61 bits per heavy atom. The number of rotatable bonds is 2. The number of hydrogen-bond acceptors (Lipinski definition) is 1. The first-order valence-electron chi connectivity index (χ1n) is 12.8. The van der Waals surface area contributed by atoms with Gasteiger partial charge in [0.25, 0.3) is 5.56 Å². The molecule has 0 aliphatic heterocycles. The SMILES string of the molecule is O=c1c2c3c4ccccc4c4ccccc4c3c(-c3ccccc3)n2c2ccccc2n1-c1ccccc1. The second-order valence-corrected chi connectivity index (χ2v) is 9.70. The molecule has 0 radical (unpaired) electrons. The van der Waals surface area contributed by atoms with Crippen molar-refractivity contribution < 1.29 is 0 Å². The fraction of sp³-hybridized carbons (Fsp3) is 0. The Balaban J connectivity index is 1.78. The molecule has 178 valence electrons. The van der Waals surface area contributed by atoms with Crippen LogP contribution in [0.2, 0.25) is 0 Å². The highest BCUT2D eigenvalue weighted by Crippen LogP contribution is 2.44. The van der Waals surface area contributed by atoms with Crippen LogP contribution in [0.1, 0.15) is 0 Å². The molecule has 0 atom stereocenters. The standard InChI is InChI=1S/C35H22N2O/c38-35-34-32-28-20-10-8-18-26(28)25-17-7-9-19-27(25)31(32)33(23-13-3-1-4-14-23)37(34)30-22-12-11-21-29(30)36(35)24-15-5-2-6-16-24/h1-22H. The first kappa shape index (κ1) is 21.0. The molecule has 0 amide bonds. The van der Waals surface area contributed by atoms with Crippen LogP contribution < -0.4 is 5.56 Å². The summed E-state index contributed by atoms with van der Waals surface area (Å²) in [6.45, 7) is 0. The fourth-order valence-electron chi connectivity index (χ4n) is 6.17. The maximum Gasteiger partial charge on any atom is 0.280 e. The largest absolute Gasteiger partial charge is 0.302 e. The Morgan fingerprint density at radius 2 is 0.947 bits per heavy atom. The quantitative estimate of drug-likeness (QED) is 0.225. The van der Waals surface area contributed by atoms with Gasteiger partial charge in [-0.25, -0.2) is 0 Å². The van der Waals surface area contributed by atoms with Crippen LogP contribution in [-0.4, -0.2) is 8.97 Å². The molecule has 3 heteroatoms. The van der Waals surface area contributed by atoms with Crippen molar-refractivity contribution in [1.29, 1.82) is 0 Å². The van der Waals surface area contributed by atoms with E-state index in [4.69, 9.17) is 0 Å². The summed E-state index contributed by atoms with van der Waals surface area (Å²) < 4.78 is 4.07. The molecule has 0 bridgehead atoms. The number of hydrogen-bond donors (Lipinski definition) is 0. The Bertz CT molecular complexity index is 2240. The van der Waals surface area contributed by atoms with E-state index in [0.717, 1.165) is 54.9 Å². The second-order valence-electron chi connectivity index (χ2n) is 9.70. The van der Waals surface area contributed by atoms with E-state index in [1.54, 1.807) is 0 Å². The van der Waals surface area contributed by atoms with E-state index in [1.807, 2.05) is 53.1 Å². The third-order valence-corrected chi connectivity index (χ3v) is 7.68. The molecule has 0 spiro atoms. The first-order chi connectivity index (χ1) is 18.8. The van der Waals surface area contributed by atoms with E-state index in [2.05, 4.69) is 89.3 Å². The number of para-hydroxylation sites is 3. The highest BCUT2D eigenvalue weighted by atomic mass is 16.1. The van der Waals surface area contributed by atoms with Gasteiger partial charge in [0.1, 0.15) is 5.52 Å². The minimum absolute atomic E-state index is 0.0254. The lowest BCUT2D eigenvalue weighted by Crippen LogP contribution is -2.21. The molecule has 0 fully saturated rings. The van der Waals surface area contributed by atoms with Crippen LogP contribution in [0.4, 0.5) is 0 Å². The van der Waals surface area contributed by atoms with E-state index in [-0.39, 0.29) is 5.56 Å². The van der Waals surface area contributed by atoms with E-state index in [0.29, 0.717) is 5.52 Å². The summed E-state index contributed by atoms with van der Waals surface area (Å²) in [5.74, 6) is 0. The van der Waals surface area contributed by atoms with Gasteiger partial charge >= 0.3 is 0 Å². The normalized spacial score (nSPS) is 11.8. The van der Waals surface area contributed by atoms with Crippen LogP contribution >= 0.6 is 0 Å². The zero-order valence-corrected chi connectivity index (χ0v) is 20.5. The predicted molar refractivity (Wildman–Crippen MR) is 158 cm³/mol. The highest BCUT2D eigenvalue weighted by Gasteiger charge is 2.24. The van der Waals surface area contributed by atoms with Gasteiger partial charge in [-0.2, -0.15) is 0 Å². The summed E-state index contributed by atoms with van der Waals surface area (Å²) in [4.78, 5) is 14.7. The highest BCUT2D eigenvalue weighted by molar-refractivity contribution is 6.33. The minimum Gasteiger partial charge on any atom is -0.302 e. The van der Waals surface area contributed by atoms with E-state index < -0.39 is 0 Å². The van der Waals surface area contributed by atoms with Gasteiger partial charge in [0.05, 0.1) is 16.7 Å². The molecule has 0 saturated heterocycles. The topological polar surface area (TPSA) is 26.4 Å². The summed E-state index contributed by atoms with van der Waals surface area (Å²) in [6.07, 6.45) is 0. The number of fused-ring (bicyclic) bond motifs is 10. The van der Waals surface area contributed by atoms with Crippen molar-refractivity contribution in [2.45, 2.75) is 0 Å². The molecule has 8 rings (SSSR count). The zero-order valence-electron chi connectivity index (χ0n) is 20.5. The molecular weight excluding hydrogens is 464 g/mol. The molecular formula is C35H22N2O. The van der Waals surface area contributed by atoms with Gasteiger partial charge in [0.15, 0.2) is 0 Å². The van der Waals surface area contributed by atoms with Gasteiger partial charge in [-0.05, 0) is 51.4 Å². The average Bonchev–Trinajstić information content (AvgIpc) is 3.36. The van der Waals surface area contributed by atoms with Gasteiger partial charge in [0.2, 0.25) is 0 Å². The van der Waals surface area contributed by atoms with Crippen LogP contribution in [0.3, 0.4) is 0 Å². The smallest absolute Gasteiger partial charge is 0.280 e. The Labute approximate surface area is 218 Å². The molecule has 0 aliphatic carbocycles. The lowest BCUT2D eigenvalue weighted by molar-refractivity contribution is 1.03. The van der Waals surface area contributed by atoms with Gasteiger partial charge in [0, 0.05) is 16.5 Å². The summed E-state index contributed by atoms with van der Waals surface area (Å²) in [5, 5.41) is 6.70. The van der Waals surface area contributed by atoms with E-state index in [1.165, 1.54) is 5.39 Å². The van der Waals surface area contributed by atoms with Crippen molar-refractivity contribution in [2.24, 2.45) is 0 Å². The molecule has 2 heterocycles. The minimum atomic E-state index is -0.0254. The maximum absolute atomic E-state index is 14.7. The van der Waals surface area contributed by atoms with Gasteiger partial charge in [-0.1, -0.05) is 109 Å². The van der Waals surface area contributed by atoms with Crippen LogP contribution in [0.25, 0.3) is 65.8 Å². The predicted octanol–water partition coefficient (Wildman–Crippen LogP) is 8.37. The fourth-order valence-corrected chi connectivity index (χ4v) is 6.17. The molecule has 0 N–H and O–H groups in total. The third kappa shape index (κ3) is 2.76. The average molecular weight is 487 g/mol. The summed E-state index contributed by atoms with van der Waals surface area (Å²) in [5.41, 5.74) is 5.53. The van der Waals surface area contributed by atoms with E-state index in [9.17, 15) is 4.79 Å². The number of benzene rings is 6. The monoisotopic (exact) mass is 486 g/mol. The zero-order chi connectivity index (χ0) is 25.2. The molecule has 0 aliphatic rings. The molecule has 0 saturated carbocycles. The third-order valence-electron chi connectivity index (χ3n) is 7.68.